The first-order valence-electron chi connectivity index (χ1n) is 6.35. The van der Waals surface area contributed by atoms with Crippen LogP contribution in [0.5, 0.6) is 5.75 Å². The number of hydrogen-bond acceptors (Lipinski definition) is 4. The summed E-state index contributed by atoms with van der Waals surface area (Å²) in [7, 11) is 1.53. The van der Waals surface area contributed by atoms with E-state index < -0.39 is 5.91 Å². The summed E-state index contributed by atoms with van der Waals surface area (Å²) in [6.07, 6.45) is 0. The molecule has 0 bridgehead atoms. The van der Waals surface area contributed by atoms with Gasteiger partial charge in [-0.1, -0.05) is 18.2 Å². The van der Waals surface area contributed by atoms with Crippen molar-refractivity contribution in [1.29, 1.82) is 5.26 Å². The van der Waals surface area contributed by atoms with Crippen LogP contribution in [0.2, 0.25) is 0 Å². The lowest BCUT2D eigenvalue weighted by Gasteiger charge is -2.11. The summed E-state index contributed by atoms with van der Waals surface area (Å²) < 4.78 is 5.10. The third-order valence-corrected chi connectivity index (χ3v) is 3.06. The Morgan fingerprint density at radius 1 is 1.33 bits per heavy atom. The molecular formula is C16H15N3O2. The van der Waals surface area contributed by atoms with Crippen LogP contribution in [0.3, 0.4) is 0 Å². The summed E-state index contributed by atoms with van der Waals surface area (Å²) in [5.74, 6) is 0.0596. The van der Waals surface area contributed by atoms with Gasteiger partial charge in [0.2, 0.25) is 0 Å². The monoisotopic (exact) mass is 281 g/mol. The first-order chi connectivity index (χ1) is 10.2. The van der Waals surface area contributed by atoms with E-state index in [-0.39, 0.29) is 0 Å². The lowest BCUT2D eigenvalue weighted by atomic mass is 10.1. The van der Waals surface area contributed by atoms with Gasteiger partial charge in [0, 0.05) is 12.2 Å². The molecule has 0 saturated carbocycles. The van der Waals surface area contributed by atoms with Gasteiger partial charge in [-0.3, -0.25) is 4.79 Å². The van der Waals surface area contributed by atoms with E-state index in [0.29, 0.717) is 29.1 Å². The van der Waals surface area contributed by atoms with Gasteiger partial charge in [-0.25, -0.2) is 0 Å². The van der Waals surface area contributed by atoms with Crippen LogP contribution in [0.15, 0.2) is 42.5 Å². The summed E-state index contributed by atoms with van der Waals surface area (Å²) in [6.45, 7) is 0.475. The van der Waals surface area contributed by atoms with Crippen LogP contribution in [0.4, 0.5) is 5.69 Å². The maximum absolute atomic E-state index is 11.3. The molecule has 0 aromatic heterocycles. The summed E-state index contributed by atoms with van der Waals surface area (Å²) in [6, 6.07) is 14.5. The lowest BCUT2D eigenvalue weighted by Crippen LogP contribution is -2.14. The third kappa shape index (κ3) is 3.31. The molecule has 0 fully saturated rings. The van der Waals surface area contributed by atoms with Crippen LogP contribution in [0.1, 0.15) is 21.5 Å². The molecule has 0 aliphatic rings. The number of hydrogen-bond donors (Lipinski definition) is 2. The molecule has 5 nitrogen and oxygen atoms in total. The van der Waals surface area contributed by atoms with Crippen molar-refractivity contribution in [3.05, 3.63) is 59.2 Å². The molecule has 2 aromatic rings. The van der Waals surface area contributed by atoms with E-state index >= 15 is 0 Å². The van der Waals surface area contributed by atoms with Crippen molar-refractivity contribution in [1.82, 2.24) is 0 Å². The lowest BCUT2D eigenvalue weighted by molar-refractivity contribution is 0.100. The quantitative estimate of drug-likeness (QED) is 0.880. The number of para-hydroxylation sites is 1. The summed E-state index contributed by atoms with van der Waals surface area (Å²) in [5, 5.41) is 12.2. The Morgan fingerprint density at radius 2 is 2.10 bits per heavy atom. The molecule has 0 atom stereocenters. The molecule has 0 aliphatic heterocycles. The van der Waals surface area contributed by atoms with E-state index in [4.69, 9.17) is 15.7 Å². The second-order valence-corrected chi connectivity index (χ2v) is 4.41. The minimum atomic E-state index is -0.481. The summed E-state index contributed by atoms with van der Waals surface area (Å²) in [4.78, 5) is 11.3. The number of primary amides is 1. The Hall–Kier alpha value is -3.00. The molecule has 1 amide bonds. The Kier molecular flexibility index (Phi) is 4.42. The number of carbonyl (C=O) groups excluding carboxylic acids is 1. The molecule has 106 valence electrons. The van der Waals surface area contributed by atoms with E-state index in [9.17, 15) is 4.79 Å². The van der Waals surface area contributed by atoms with E-state index in [1.54, 1.807) is 30.3 Å². The van der Waals surface area contributed by atoms with E-state index in [1.807, 2.05) is 12.1 Å². The molecule has 0 aliphatic carbocycles. The number of amides is 1. The van der Waals surface area contributed by atoms with Gasteiger partial charge < -0.3 is 15.8 Å². The van der Waals surface area contributed by atoms with Crippen LogP contribution >= 0.6 is 0 Å². The number of benzene rings is 2. The Labute approximate surface area is 123 Å². The summed E-state index contributed by atoms with van der Waals surface area (Å²) in [5.41, 5.74) is 7.81. The standard InChI is InChI=1S/C16H15N3O2/c1-21-15-7-6-11(8-12(15)9-17)10-19-14-5-3-2-4-13(14)16(18)20/h2-8,19H,10H2,1H3,(H2,18,20). The van der Waals surface area contributed by atoms with Gasteiger partial charge in [0.25, 0.3) is 5.91 Å². The molecule has 5 heteroatoms. The highest BCUT2D eigenvalue weighted by Crippen LogP contribution is 2.20. The number of nitrogens with zero attached hydrogens (tertiary/aromatic N) is 1. The van der Waals surface area contributed by atoms with Crippen molar-refractivity contribution in [2.45, 2.75) is 6.54 Å². The fourth-order valence-corrected chi connectivity index (χ4v) is 2.00. The van der Waals surface area contributed by atoms with Crippen molar-refractivity contribution >= 4 is 11.6 Å². The smallest absolute Gasteiger partial charge is 0.250 e. The third-order valence-electron chi connectivity index (χ3n) is 3.06. The van der Waals surface area contributed by atoms with Crippen molar-refractivity contribution in [3.8, 4) is 11.8 Å². The van der Waals surface area contributed by atoms with E-state index in [2.05, 4.69) is 11.4 Å². The van der Waals surface area contributed by atoms with Crippen LogP contribution < -0.4 is 15.8 Å². The Balaban J connectivity index is 2.18. The second-order valence-electron chi connectivity index (χ2n) is 4.41. The largest absolute Gasteiger partial charge is 0.495 e. The first-order valence-corrected chi connectivity index (χ1v) is 6.35. The molecule has 0 saturated heterocycles. The normalized spacial score (nSPS) is 9.71. The highest BCUT2D eigenvalue weighted by atomic mass is 16.5. The SMILES string of the molecule is COc1ccc(CNc2ccccc2C(N)=O)cc1C#N. The minimum absolute atomic E-state index is 0.437. The number of nitrogens with two attached hydrogens (primary N) is 1. The van der Waals surface area contributed by atoms with Gasteiger partial charge in [-0.15, -0.1) is 0 Å². The van der Waals surface area contributed by atoms with Crippen molar-refractivity contribution in [2.24, 2.45) is 5.73 Å². The Bertz CT molecular complexity index is 705. The number of anilines is 1. The first kappa shape index (κ1) is 14.4. The zero-order valence-corrected chi connectivity index (χ0v) is 11.6. The van der Waals surface area contributed by atoms with E-state index in [0.717, 1.165) is 5.56 Å². The predicted molar refractivity (Wildman–Crippen MR) is 80.0 cm³/mol. The van der Waals surface area contributed by atoms with Crippen LogP contribution in [-0.2, 0) is 6.54 Å². The van der Waals surface area contributed by atoms with Gasteiger partial charge >= 0.3 is 0 Å². The molecule has 3 N–H and O–H groups in total. The molecule has 2 rings (SSSR count). The molecule has 2 aromatic carbocycles. The molecule has 0 unspecified atom stereocenters. The fourth-order valence-electron chi connectivity index (χ4n) is 2.00. The summed E-state index contributed by atoms with van der Waals surface area (Å²) >= 11 is 0. The number of carbonyl (C=O) groups is 1. The van der Waals surface area contributed by atoms with Gasteiger partial charge in [0.15, 0.2) is 0 Å². The van der Waals surface area contributed by atoms with Crippen molar-refractivity contribution < 1.29 is 9.53 Å². The second kappa shape index (κ2) is 6.44. The number of rotatable bonds is 5. The number of nitriles is 1. The zero-order valence-electron chi connectivity index (χ0n) is 11.6. The molecule has 21 heavy (non-hydrogen) atoms. The van der Waals surface area contributed by atoms with Gasteiger partial charge in [-0.2, -0.15) is 5.26 Å². The maximum atomic E-state index is 11.3. The zero-order chi connectivity index (χ0) is 15.2. The molecular weight excluding hydrogens is 266 g/mol. The van der Waals surface area contributed by atoms with Crippen LogP contribution in [0.25, 0.3) is 0 Å². The Morgan fingerprint density at radius 3 is 2.76 bits per heavy atom. The number of ether oxygens (including phenoxy) is 1. The topological polar surface area (TPSA) is 88.1 Å². The van der Waals surface area contributed by atoms with Crippen LogP contribution in [-0.4, -0.2) is 13.0 Å². The van der Waals surface area contributed by atoms with Gasteiger partial charge in [0.1, 0.15) is 11.8 Å². The average molecular weight is 281 g/mol. The average Bonchev–Trinajstić information content (AvgIpc) is 2.52. The van der Waals surface area contributed by atoms with E-state index in [1.165, 1.54) is 7.11 Å². The number of nitrogens with one attached hydrogen (secondary N) is 1. The molecule has 0 heterocycles. The highest BCUT2D eigenvalue weighted by Gasteiger charge is 2.08. The maximum Gasteiger partial charge on any atom is 0.250 e. The van der Waals surface area contributed by atoms with Gasteiger partial charge in [-0.05, 0) is 29.8 Å². The van der Waals surface area contributed by atoms with Crippen molar-refractivity contribution in [2.75, 3.05) is 12.4 Å². The fraction of sp³-hybridized carbons (Fsp3) is 0.125. The highest BCUT2D eigenvalue weighted by molar-refractivity contribution is 5.98. The van der Waals surface area contributed by atoms with Gasteiger partial charge in [0.05, 0.1) is 18.2 Å². The molecule has 0 radical (unpaired) electrons. The molecule has 0 spiro atoms. The predicted octanol–water partition coefficient (Wildman–Crippen LogP) is 2.28. The minimum Gasteiger partial charge on any atom is -0.495 e. The number of methoxy groups -OCH3 is 1. The van der Waals surface area contributed by atoms with Crippen LogP contribution in [0, 0.1) is 11.3 Å². The van der Waals surface area contributed by atoms with Crippen molar-refractivity contribution in [3.63, 3.8) is 0 Å².